The third kappa shape index (κ3) is 4.81. The summed E-state index contributed by atoms with van der Waals surface area (Å²) in [5.74, 6) is -0.574. The molecule has 5 rings (SSSR count). The molecule has 4 heterocycles. The molecule has 0 spiro atoms. The van der Waals surface area contributed by atoms with Crippen LogP contribution in [0.2, 0.25) is 0 Å². The van der Waals surface area contributed by atoms with Crippen molar-refractivity contribution in [1.29, 1.82) is 0 Å². The SMILES string of the molecule is CCc1cnc(N2CCC(n3cc(F)c4c(Nc5ccc(C(=O)N(C)C)cc5F)ncnc43)CC2)nc1. The van der Waals surface area contributed by atoms with E-state index in [4.69, 9.17) is 0 Å². The van der Waals surface area contributed by atoms with Gasteiger partial charge in [0.1, 0.15) is 23.6 Å². The molecule has 37 heavy (non-hydrogen) atoms. The zero-order valence-electron chi connectivity index (χ0n) is 20.9. The number of hydrogen-bond acceptors (Lipinski definition) is 7. The van der Waals surface area contributed by atoms with Gasteiger partial charge < -0.3 is 19.7 Å². The number of nitrogens with one attached hydrogen (secondary N) is 1. The Hall–Kier alpha value is -4.15. The molecule has 1 aliphatic heterocycles. The zero-order valence-corrected chi connectivity index (χ0v) is 20.9. The molecule has 0 unspecified atom stereocenters. The van der Waals surface area contributed by atoms with Crippen molar-refractivity contribution in [3.8, 4) is 0 Å². The second kappa shape index (κ2) is 10.1. The van der Waals surface area contributed by atoms with Crippen LogP contribution in [-0.4, -0.2) is 62.5 Å². The van der Waals surface area contributed by atoms with E-state index in [9.17, 15) is 9.18 Å². The number of amides is 1. The van der Waals surface area contributed by atoms with Crippen molar-refractivity contribution in [1.82, 2.24) is 29.4 Å². The monoisotopic (exact) mass is 506 g/mol. The molecular formula is C26H28F2N8O. The van der Waals surface area contributed by atoms with Crippen molar-refractivity contribution in [3.05, 3.63) is 65.9 Å². The average Bonchev–Trinajstić information content (AvgIpc) is 3.26. The first-order valence-corrected chi connectivity index (χ1v) is 12.2. The Labute approximate surface area is 213 Å². The number of anilines is 3. The van der Waals surface area contributed by atoms with Gasteiger partial charge >= 0.3 is 0 Å². The van der Waals surface area contributed by atoms with E-state index in [1.54, 1.807) is 14.1 Å². The summed E-state index contributed by atoms with van der Waals surface area (Å²) in [5, 5.41) is 3.07. The summed E-state index contributed by atoms with van der Waals surface area (Å²) in [5.41, 5.74) is 1.84. The summed E-state index contributed by atoms with van der Waals surface area (Å²) in [6.45, 7) is 3.53. The van der Waals surface area contributed by atoms with E-state index in [0.717, 1.165) is 44.0 Å². The average molecular weight is 507 g/mol. The van der Waals surface area contributed by atoms with Gasteiger partial charge in [-0.2, -0.15) is 0 Å². The van der Waals surface area contributed by atoms with Crippen LogP contribution in [0.1, 0.15) is 41.7 Å². The van der Waals surface area contributed by atoms with E-state index in [0.29, 0.717) is 11.6 Å². The summed E-state index contributed by atoms with van der Waals surface area (Å²) in [7, 11) is 3.19. The number of hydrogen-bond donors (Lipinski definition) is 1. The van der Waals surface area contributed by atoms with Crippen LogP contribution < -0.4 is 10.2 Å². The van der Waals surface area contributed by atoms with E-state index in [1.165, 1.54) is 29.6 Å². The number of carbonyl (C=O) groups excluding carboxylic acids is 1. The van der Waals surface area contributed by atoms with Gasteiger partial charge in [-0.15, -0.1) is 0 Å². The summed E-state index contributed by atoms with van der Waals surface area (Å²) in [6, 6.07) is 4.15. The topological polar surface area (TPSA) is 92.1 Å². The Morgan fingerprint density at radius 3 is 2.46 bits per heavy atom. The van der Waals surface area contributed by atoms with Gasteiger partial charge in [-0.05, 0) is 43.0 Å². The molecule has 4 aromatic rings. The summed E-state index contributed by atoms with van der Waals surface area (Å²) >= 11 is 0. The maximum Gasteiger partial charge on any atom is 0.253 e. The predicted molar refractivity (Wildman–Crippen MR) is 137 cm³/mol. The second-order valence-corrected chi connectivity index (χ2v) is 9.29. The van der Waals surface area contributed by atoms with Crippen molar-refractivity contribution in [3.63, 3.8) is 0 Å². The highest BCUT2D eigenvalue weighted by molar-refractivity contribution is 5.95. The number of halogens is 2. The normalized spacial score (nSPS) is 14.2. The molecule has 1 amide bonds. The van der Waals surface area contributed by atoms with Crippen LogP contribution in [0.3, 0.4) is 0 Å². The number of carbonyl (C=O) groups is 1. The van der Waals surface area contributed by atoms with Crippen LogP contribution in [0, 0.1) is 11.6 Å². The summed E-state index contributed by atoms with van der Waals surface area (Å²) in [4.78, 5) is 33.1. The lowest BCUT2D eigenvalue weighted by atomic mass is 10.1. The number of fused-ring (bicyclic) bond motifs is 1. The van der Waals surface area contributed by atoms with Crippen LogP contribution in [0.25, 0.3) is 11.0 Å². The standard InChI is InChI=1S/C26H28F2N8O/c1-4-16-12-29-26(30-13-16)35-9-7-18(8-10-35)36-14-20(28)22-23(31-15-32-24(22)36)33-21-6-5-17(11-19(21)27)25(37)34(2)3/h5-6,11-15,18H,4,7-10H2,1-3H3,(H,31,32,33). The van der Waals surface area contributed by atoms with Crippen molar-refractivity contribution in [2.24, 2.45) is 0 Å². The molecule has 3 aromatic heterocycles. The fraction of sp³-hybridized carbons (Fsp3) is 0.346. The molecule has 192 valence electrons. The molecule has 1 fully saturated rings. The van der Waals surface area contributed by atoms with Crippen LogP contribution >= 0.6 is 0 Å². The van der Waals surface area contributed by atoms with E-state index < -0.39 is 11.6 Å². The Bertz CT molecular complexity index is 1430. The Kier molecular flexibility index (Phi) is 6.68. The molecule has 1 N–H and O–H groups in total. The lowest BCUT2D eigenvalue weighted by molar-refractivity contribution is 0.0827. The van der Waals surface area contributed by atoms with Crippen molar-refractivity contribution in [2.75, 3.05) is 37.4 Å². The molecule has 9 nitrogen and oxygen atoms in total. The van der Waals surface area contributed by atoms with E-state index >= 15 is 4.39 Å². The van der Waals surface area contributed by atoms with Crippen LogP contribution in [-0.2, 0) is 6.42 Å². The molecule has 1 aliphatic rings. The van der Waals surface area contributed by atoms with E-state index in [2.05, 4.69) is 37.1 Å². The van der Waals surface area contributed by atoms with Gasteiger partial charge in [0.05, 0.1) is 11.1 Å². The molecule has 0 bridgehead atoms. The maximum absolute atomic E-state index is 15.2. The third-order valence-corrected chi connectivity index (χ3v) is 6.68. The van der Waals surface area contributed by atoms with Gasteiger partial charge in [0.25, 0.3) is 5.91 Å². The first kappa shape index (κ1) is 24.5. The molecular weight excluding hydrogens is 478 g/mol. The van der Waals surface area contributed by atoms with Gasteiger partial charge in [0, 0.05) is 57.4 Å². The second-order valence-electron chi connectivity index (χ2n) is 9.29. The van der Waals surface area contributed by atoms with Crippen LogP contribution in [0.15, 0.2) is 43.1 Å². The van der Waals surface area contributed by atoms with Crippen LogP contribution in [0.4, 0.5) is 26.2 Å². The summed E-state index contributed by atoms with van der Waals surface area (Å²) in [6.07, 6.45) is 8.90. The number of rotatable bonds is 6. The minimum atomic E-state index is -0.638. The van der Waals surface area contributed by atoms with Gasteiger partial charge in [0.15, 0.2) is 5.82 Å². The van der Waals surface area contributed by atoms with Gasteiger partial charge in [-0.3, -0.25) is 4.79 Å². The highest BCUT2D eigenvalue weighted by atomic mass is 19.1. The lowest BCUT2D eigenvalue weighted by Crippen LogP contribution is -2.35. The number of benzene rings is 1. The first-order chi connectivity index (χ1) is 17.9. The number of aryl methyl sites for hydroxylation is 1. The number of nitrogens with zero attached hydrogens (tertiary/aromatic N) is 7. The van der Waals surface area contributed by atoms with Crippen molar-refractivity contribution in [2.45, 2.75) is 32.2 Å². The molecule has 0 radical (unpaired) electrons. The molecule has 11 heteroatoms. The maximum atomic E-state index is 15.2. The smallest absolute Gasteiger partial charge is 0.253 e. The molecule has 0 aliphatic carbocycles. The van der Waals surface area contributed by atoms with Crippen molar-refractivity contribution < 1.29 is 13.6 Å². The number of aromatic nitrogens is 5. The molecule has 0 saturated carbocycles. The largest absolute Gasteiger partial charge is 0.345 e. The highest BCUT2D eigenvalue weighted by Crippen LogP contribution is 2.33. The van der Waals surface area contributed by atoms with Gasteiger partial charge in [-0.25, -0.2) is 28.7 Å². The van der Waals surface area contributed by atoms with Crippen LogP contribution in [0.5, 0.6) is 0 Å². The van der Waals surface area contributed by atoms with E-state index in [-0.39, 0.29) is 34.4 Å². The molecule has 0 atom stereocenters. The molecule has 1 saturated heterocycles. The van der Waals surface area contributed by atoms with Gasteiger partial charge in [-0.1, -0.05) is 6.92 Å². The number of piperidine rings is 1. The predicted octanol–water partition coefficient (Wildman–Crippen LogP) is 4.35. The highest BCUT2D eigenvalue weighted by Gasteiger charge is 2.26. The molecule has 1 aromatic carbocycles. The van der Waals surface area contributed by atoms with Crippen molar-refractivity contribution >= 4 is 34.4 Å². The Morgan fingerprint density at radius 1 is 1.08 bits per heavy atom. The Morgan fingerprint density at radius 2 is 1.81 bits per heavy atom. The Balaban J connectivity index is 1.36. The first-order valence-electron chi connectivity index (χ1n) is 12.2. The fourth-order valence-electron chi connectivity index (χ4n) is 4.59. The zero-order chi connectivity index (χ0) is 26.1. The summed E-state index contributed by atoms with van der Waals surface area (Å²) < 4.78 is 31.8. The van der Waals surface area contributed by atoms with Gasteiger partial charge in [0.2, 0.25) is 5.95 Å². The van der Waals surface area contributed by atoms with E-state index in [1.807, 2.05) is 17.0 Å². The quantitative estimate of drug-likeness (QED) is 0.416. The minimum Gasteiger partial charge on any atom is -0.345 e. The lowest BCUT2D eigenvalue weighted by Gasteiger charge is -2.32. The third-order valence-electron chi connectivity index (χ3n) is 6.68. The fourth-order valence-corrected chi connectivity index (χ4v) is 4.59. The minimum absolute atomic E-state index is 0.0361.